The first-order chi connectivity index (χ1) is 17.2. The quantitative estimate of drug-likeness (QED) is 0.431. The first-order valence-electron chi connectivity index (χ1n) is 13.7. The number of rotatable bonds is 6. The molecule has 1 aromatic carbocycles. The maximum atomic E-state index is 14.2. The molecule has 5 rings (SSSR count). The average molecular weight is 484 g/mol. The summed E-state index contributed by atoms with van der Waals surface area (Å²) in [5.41, 5.74) is 5.84. The lowest BCUT2D eigenvalue weighted by atomic mass is 9.90. The molecule has 4 N–H and O–H groups in total. The molecule has 5 nitrogen and oxygen atoms in total. The fraction of sp³-hybridized carbons (Fsp3) is 0.586. The van der Waals surface area contributed by atoms with Gasteiger partial charge in [-0.2, -0.15) is 0 Å². The highest BCUT2D eigenvalue weighted by Crippen LogP contribution is 2.39. The van der Waals surface area contributed by atoms with E-state index in [0.29, 0.717) is 5.92 Å². The first-order valence-corrected chi connectivity index (χ1v) is 13.7. The molecule has 2 saturated heterocycles. The van der Waals surface area contributed by atoms with Crippen molar-refractivity contribution in [1.82, 2.24) is 20.9 Å². The number of halogens is 1. The number of piperidine rings is 1. The third-order valence-electron chi connectivity index (χ3n) is 7.20. The Labute approximate surface area is 212 Å². The Hall–Kier alpha value is -2.31. The van der Waals surface area contributed by atoms with Crippen LogP contribution in [0.25, 0.3) is 5.70 Å². The summed E-state index contributed by atoms with van der Waals surface area (Å²) in [4.78, 5) is 2.50. The number of anilines is 1. The highest BCUT2D eigenvalue weighted by atomic mass is 19.1. The van der Waals surface area contributed by atoms with Crippen molar-refractivity contribution in [2.75, 3.05) is 51.6 Å². The van der Waals surface area contributed by atoms with E-state index in [1.807, 2.05) is 40.8 Å². The highest BCUT2D eigenvalue weighted by Gasteiger charge is 2.37. The Bertz CT molecular complexity index is 892. The molecule has 3 atom stereocenters. The van der Waals surface area contributed by atoms with Gasteiger partial charge in [-0.05, 0) is 93.7 Å². The Kier molecular flexibility index (Phi) is 10.7. The van der Waals surface area contributed by atoms with Crippen molar-refractivity contribution < 1.29 is 4.39 Å². The molecule has 194 valence electrons. The van der Waals surface area contributed by atoms with E-state index in [4.69, 9.17) is 0 Å². The molecule has 0 radical (unpaired) electrons. The number of dihydropyridines is 1. The number of allylic oxidation sites excluding steroid dienone is 3. The first kappa shape index (κ1) is 27.3. The molecule has 3 unspecified atom stereocenters. The molecule has 0 aliphatic carbocycles. The maximum absolute atomic E-state index is 14.2. The SMILES string of the molecule is CC.CC.CNCCCC1=CC=C(C2C=C(N3CC4CCNCC4C3)c3cc(F)ccc3N2)CN1. The minimum absolute atomic E-state index is 0.122. The number of nitrogens with zero attached hydrogens (tertiary/aromatic N) is 1. The predicted molar refractivity (Wildman–Crippen MR) is 148 cm³/mol. The van der Waals surface area contributed by atoms with Crippen LogP contribution in [-0.4, -0.2) is 57.3 Å². The van der Waals surface area contributed by atoms with Gasteiger partial charge in [-0.3, -0.25) is 0 Å². The van der Waals surface area contributed by atoms with Crippen molar-refractivity contribution in [2.45, 2.75) is 53.0 Å². The summed E-state index contributed by atoms with van der Waals surface area (Å²) in [6.45, 7) is 14.2. The van der Waals surface area contributed by atoms with Crippen LogP contribution in [-0.2, 0) is 0 Å². The molecule has 0 amide bonds. The van der Waals surface area contributed by atoms with Crippen molar-refractivity contribution >= 4 is 11.4 Å². The van der Waals surface area contributed by atoms with E-state index in [-0.39, 0.29) is 11.9 Å². The van der Waals surface area contributed by atoms with Crippen molar-refractivity contribution in [2.24, 2.45) is 11.8 Å². The van der Waals surface area contributed by atoms with Crippen LogP contribution in [0.15, 0.2) is 47.7 Å². The molecule has 2 fully saturated rings. The summed E-state index contributed by atoms with van der Waals surface area (Å²) in [7, 11) is 1.99. The minimum atomic E-state index is -0.170. The van der Waals surface area contributed by atoms with Gasteiger partial charge in [0.1, 0.15) is 5.82 Å². The number of hydrogen-bond donors (Lipinski definition) is 4. The minimum Gasteiger partial charge on any atom is -0.384 e. The van der Waals surface area contributed by atoms with E-state index >= 15 is 0 Å². The van der Waals surface area contributed by atoms with Crippen molar-refractivity contribution in [3.63, 3.8) is 0 Å². The van der Waals surface area contributed by atoms with Gasteiger partial charge >= 0.3 is 0 Å². The van der Waals surface area contributed by atoms with Gasteiger partial charge in [0.25, 0.3) is 0 Å². The van der Waals surface area contributed by atoms with E-state index < -0.39 is 0 Å². The second-order valence-electron chi connectivity index (χ2n) is 9.28. The van der Waals surface area contributed by atoms with Gasteiger partial charge in [0.15, 0.2) is 0 Å². The zero-order valence-corrected chi connectivity index (χ0v) is 22.4. The number of fused-ring (bicyclic) bond motifs is 2. The van der Waals surface area contributed by atoms with Crippen molar-refractivity contribution in [3.05, 3.63) is 59.1 Å². The fourth-order valence-electron chi connectivity index (χ4n) is 5.44. The van der Waals surface area contributed by atoms with E-state index in [1.54, 1.807) is 12.1 Å². The van der Waals surface area contributed by atoms with Gasteiger partial charge < -0.3 is 26.2 Å². The average Bonchev–Trinajstić information content (AvgIpc) is 3.35. The zero-order valence-electron chi connectivity index (χ0n) is 22.4. The highest BCUT2D eigenvalue weighted by molar-refractivity contribution is 5.80. The number of likely N-dealkylation sites (tertiary alicyclic amines) is 1. The summed E-state index contributed by atoms with van der Waals surface area (Å²) in [5, 5.41) is 14.0. The Morgan fingerprint density at radius 2 is 1.89 bits per heavy atom. The number of nitrogens with one attached hydrogen (secondary N) is 4. The maximum Gasteiger partial charge on any atom is 0.124 e. The molecule has 6 heteroatoms. The Balaban J connectivity index is 0.000000815. The lowest BCUT2D eigenvalue weighted by Gasteiger charge is -2.34. The van der Waals surface area contributed by atoms with Gasteiger partial charge in [0.05, 0.1) is 6.04 Å². The van der Waals surface area contributed by atoms with Crippen LogP contribution >= 0.6 is 0 Å². The Morgan fingerprint density at radius 3 is 2.60 bits per heavy atom. The van der Waals surface area contributed by atoms with Gasteiger partial charge in [-0.1, -0.05) is 33.8 Å². The monoisotopic (exact) mass is 483 g/mol. The molecule has 0 bridgehead atoms. The van der Waals surface area contributed by atoms with Crippen LogP contribution in [0.3, 0.4) is 0 Å². The van der Waals surface area contributed by atoms with E-state index in [1.165, 1.54) is 23.4 Å². The molecular formula is C29H46FN5. The smallest absolute Gasteiger partial charge is 0.124 e. The molecule has 0 saturated carbocycles. The van der Waals surface area contributed by atoms with Crippen LogP contribution in [0, 0.1) is 17.7 Å². The summed E-state index contributed by atoms with van der Waals surface area (Å²) in [5.74, 6) is 1.26. The molecule has 0 spiro atoms. The van der Waals surface area contributed by atoms with Gasteiger partial charge in [0.2, 0.25) is 0 Å². The van der Waals surface area contributed by atoms with Crippen LogP contribution < -0.4 is 21.3 Å². The third kappa shape index (κ3) is 6.68. The van der Waals surface area contributed by atoms with Gasteiger partial charge in [-0.15, -0.1) is 0 Å². The fourth-order valence-corrected chi connectivity index (χ4v) is 5.44. The molecule has 0 aromatic heterocycles. The number of hydrogen-bond acceptors (Lipinski definition) is 5. The summed E-state index contributed by atoms with van der Waals surface area (Å²) >= 11 is 0. The normalized spacial score (nSPS) is 24.6. The van der Waals surface area contributed by atoms with E-state index in [0.717, 1.165) is 69.3 Å². The van der Waals surface area contributed by atoms with Crippen LogP contribution in [0.5, 0.6) is 0 Å². The summed E-state index contributed by atoms with van der Waals surface area (Å²) in [6.07, 6.45) is 10.2. The zero-order chi connectivity index (χ0) is 25.2. The van der Waals surface area contributed by atoms with E-state index in [9.17, 15) is 4.39 Å². The molecule has 4 aliphatic heterocycles. The standard InChI is InChI=1S/C25H34FN5.2C2H6/c1-27-9-2-3-21-6-4-17(14-29-21)24-12-25(22-11-20(26)5-7-23(22)30-24)31-15-18-8-10-28-13-19(18)16-31;2*1-2/h4-7,11-12,18-19,24,27-30H,2-3,8-10,13-16H2,1H3;2*1-2H3. The van der Waals surface area contributed by atoms with Crippen molar-refractivity contribution in [3.8, 4) is 0 Å². The summed E-state index contributed by atoms with van der Waals surface area (Å²) in [6, 6.07) is 5.27. The van der Waals surface area contributed by atoms with E-state index in [2.05, 4.69) is 44.4 Å². The van der Waals surface area contributed by atoms with Crippen LogP contribution in [0.4, 0.5) is 10.1 Å². The second kappa shape index (κ2) is 13.7. The Morgan fingerprint density at radius 1 is 1.09 bits per heavy atom. The third-order valence-corrected chi connectivity index (χ3v) is 7.20. The lowest BCUT2D eigenvalue weighted by Crippen LogP contribution is -2.35. The molecular weight excluding hydrogens is 437 g/mol. The summed E-state index contributed by atoms with van der Waals surface area (Å²) < 4.78 is 14.2. The largest absolute Gasteiger partial charge is 0.384 e. The lowest BCUT2D eigenvalue weighted by molar-refractivity contribution is 0.318. The topological polar surface area (TPSA) is 51.4 Å². The van der Waals surface area contributed by atoms with Crippen LogP contribution in [0.2, 0.25) is 0 Å². The van der Waals surface area contributed by atoms with Crippen molar-refractivity contribution in [1.29, 1.82) is 0 Å². The molecule has 4 aliphatic rings. The van der Waals surface area contributed by atoms with Gasteiger partial charge in [0, 0.05) is 42.3 Å². The second-order valence-corrected chi connectivity index (χ2v) is 9.28. The molecule has 35 heavy (non-hydrogen) atoms. The van der Waals surface area contributed by atoms with Crippen LogP contribution in [0.1, 0.15) is 52.5 Å². The molecule has 1 aromatic rings. The predicted octanol–water partition coefficient (Wildman–Crippen LogP) is 4.97. The number of benzene rings is 1. The molecule has 4 heterocycles. The van der Waals surface area contributed by atoms with Gasteiger partial charge in [-0.25, -0.2) is 4.39 Å².